The van der Waals surface area contributed by atoms with E-state index in [0.717, 1.165) is 26.9 Å². The van der Waals surface area contributed by atoms with Crippen molar-refractivity contribution in [2.45, 2.75) is 24.4 Å². The summed E-state index contributed by atoms with van der Waals surface area (Å²) in [6.45, 7) is 6.33. The summed E-state index contributed by atoms with van der Waals surface area (Å²) < 4.78 is 1.73. The highest BCUT2D eigenvalue weighted by atomic mass is 32.2. The molecule has 0 saturated carbocycles. The summed E-state index contributed by atoms with van der Waals surface area (Å²) in [5, 5.41) is 5.55. The van der Waals surface area contributed by atoms with Gasteiger partial charge in [-0.25, -0.2) is 4.98 Å². The van der Waals surface area contributed by atoms with Crippen LogP contribution in [0.2, 0.25) is 0 Å². The van der Waals surface area contributed by atoms with E-state index in [0.29, 0.717) is 11.9 Å². The third-order valence-electron chi connectivity index (χ3n) is 4.26. The Balaban J connectivity index is 1.81. The number of hydrogen-bond donors (Lipinski definition) is 0. The van der Waals surface area contributed by atoms with Crippen LogP contribution in [0, 0.1) is 6.92 Å². The molecule has 3 heterocycles. The van der Waals surface area contributed by atoms with E-state index in [-0.39, 0.29) is 5.56 Å². The smallest absolute Gasteiger partial charge is 0.263 e. The fourth-order valence-electron chi connectivity index (χ4n) is 2.88. The Morgan fingerprint density at radius 3 is 2.74 bits per heavy atom. The van der Waals surface area contributed by atoms with Gasteiger partial charge in [-0.1, -0.05) is 53.7 Å². The number of nitrogens with zero attached hydrogens (tertiary/aromatic N) is 2. The Kier molecular flexibility index (Phi) is 5.29. The molecule has 0 unspecified atom stereocenters. The van der Waals surface area contributed by atoms with E-state index < -0.39 is 0 Å². The summed E-state index contributed by atoms with van der Waals surface area (Å²) in [4.78, 5) is 20.2. The Bertz CT molecular complexity index is 1140. The van der Waals surface area contributed by atoms with E-state index in [4.69, 9.17) is 4.98 Å². The molecule has 0 fully saturated rings. The van der Waals surface area contributed by atoms with Gasteiger partial charge in [0.25, 0.3) is 5.56 Å². The molecular weight excluding hydrogens is 392 g/mol. The summed E-state index contributed by atoms with van der Waals surface area (Å²) in [5.74, 6) is 0.808. The molecule has 1 aromatic carbocycles. The molecule has 3 nitrogen and oxygen atoms in total. The molecule has 0 amide bonds. The van der Waals surface area contributed by atoms with Crippen molar-refractivity contribution < 1.29 is 0 Å². The molecule has 4 rings (SSSR count). The first kappa shape index (κ1) is 18.2. The van der Waals surface area contributed by atoms with E-state index in [2.05, 4.69) is 49.2 Å². The second-order valence-electron chi connectivity index (χ2n) is 6.16. The normalized spacial score (nSPS) is 11.1. The van der Waals surface area contributed by atoms with Gasteiger partial charge in [-0.3, -0.25) is 9.36 Å². The molecule has 0 atom stereocenters. The summed E-state index contributed by atoms with van der Waals surface area (Å²) in [6.07, 6.45) is 1.75. The summed E-state index contributed by atoms with van der Waals surface area (Å²) in [7, 11) is 0. The largest absolute Gasteiger partial charge is 0.283 e. The van der Waals surface area contributed by atoms with E-state index >= 15 is 0 Å². The highest BCUT2D eigenvalue weighted by Crippen LogP contribution is 2.33. The maximum absolute atomic E-state index is 13.3. The quantitative estimate of drug-likeness (QED) is 0.223. The SMILES string of the molecule is C=CCn1c(SCc2cccs2)nc2scc(-c3ccc(C)cc3)c2c1=O. The molecule has 0 aliphatic carbocycles. The van der Waals surface area contributed by atoms with Gasteiger partial charge >= 0.3 is 0 Å². The molecule has 136 valence electrons. The van der Waals surface area contributed by atoms with Gasteiger partial charge in [0, 0.05) is 28.1 Å². The predicted octanol–water partition coefficient (Wildman–Crippen LogP) is 5.97. The summed E-state index contributed by atoms with van der Waals surface area (Å²) in [5.41, 5.74) is 3.22. The molecular formula is C21H18N2OS3. The van der Waals surface area contributed by atoms with Crippen LogP contribution in [0.1, 0.15) is 10.4 Å². The lowest BCUT2D eigenvalue weighted by molar-refractivity contribution is 0.673. The maximum Gasteiger partial charge on any atom is 0.263 e. The van der Waals surface area contributed by atoms with Crippen LogP contribution in [0.15, 0.2) is 69.8 Å². The lowest BCUT2D eigenvalue weighted by atomic mass is 10.1. The van der Waals surface area contributed by atoms with E-state index in [1.165, 1.54) is 21.8 Å². The Morgan fingerprint density at radius 1 is 1.22 bits per heavy atom. The number of allylic oxidation sites excluding steroid dienone is 1. The number of aromatic nitrogens is 2. The van der Waals surface area contributed by atoms with Crippen molar-refractivity contribution in [1.82, 2.24) is 9.55 Å². The molecule has 0 aliphatic rings. The predicted molar refractivity (Wildman–Crippen MR) is 118 cm³/mol. The second-order valence-corrected chi connectivity index (χ2v) is 9.00. The first-order valence-electron chi connectivity index (χ1n) is 8.52. The number of thioether (sulfide) groups is 1. The lowest BCUT2D eigenvalue weighted by Crippen LogP contribution is -2.22. The van der Waals surface area contributed by atoms with Crippen molar-refractivity contribution in [2.75, 3.05) is 0 Å². The number of thiophene rings is 2. The minimum atomic E-state index is 0.00500. The van der Waals surface area contributed by atoms with E-state index in [1.807, 2.05) is 11.4 Å². The zero-order chi connectivity index (χ0) is 18.8. The van der Waals surface area contributed by atoms with Crippen molar-refractivity contribution in [3.63, 3.8) is 0 Å². The number of benzene rings is 1. The Hall–Kier alpha value is -2.15. The molecule has 0 spiro atoms. The first-order valence-corrected chi connectivity index (χ1v) is 11.3. The van der Waals surface area contributed by atoms with Gasteiger partial charge < -0.3 is 0 Å². The van der Waals surface area contributed by atoms with E-state index in [9.17, 15) is 4.79 Å². The van der Waals surface area contributed by atoms with Gasteiger partial charge in [0.05, 0.1) is 5.39 Å². The molecule has 0 bridgehead atoms. The molecule has 0 N–H and O–H groups in total. The van der Waals surface area contributed by atoms with E-state index in [1.54, 1.807) is 33.7 Å². The second kappa shape index (κ2) is 7.84. The summed E-state index contributed by atoms with van der Waals surface area (Å²) >= 11 is 4.85. The third-order valence-corrected chi connectivity index (χ3v) is 7.21. The van der Waals surface area contributed by atoms with Crippen LogP contribution < -0.4 is 5.56 Å². The van der Waals surface area contributed by atoms with Crippen LogP contribution in [0.3, 0.4) is 0 Å². The minimum absolute atomic E-state index is 0.00500. The monoisotopic (exact) mass is 410 g/mol. The van der Waals surface area contributed by atoms with Crippen LogP contribution in [-0.4, -0.2) is 9.55 Å². The van der Waals surface area contributed by atoms with Gasteiger partial charge in [-0.2, -0.15) is 0 Å². The van der Waals surface area contributed by atoms with Crippen LogP contribution >= 0.6 is 34.4 Å². The minimum Gasteiger partial charge on any atom is -0.283 e. The highest BCUT2D eigenvalue weighted by molar-refractivity contribution is 7.98. The average molecular weight is 411 g/mol. The maximum atomic E-state index is 13.3. The standard InChI is InChI=1S/C21H18N2OS3/c1-3-10-23-20(24)18-17(15-8-6-14(2)7-9-15)13-26-19(18)22-21(23)27-12-16-5-4-11-25-16/h3-9,11,13H,1,10,12H2,2H3. The lowest BCUT2D eigenvalue weighted by Gasteiger charge is -2.10. The molecule has 0 aliphatic heterocycles. The van der Waals surface area contributed by atoms with Gasteiger partial charge in [0.2, 0.25) is 0 Å². The van der Waals surface area contributed by atoms with Crippen molar-refractivity contribution in [3.8, 4) is 11.1 Å². The van der Waals surface area contributed by atoms with Crippen LogP contribution in [0.4, 0.5) is 0 Å². The topological polar surface area (TPSA) is 34.9 Å². The van der Waals surface area contributed by atoms with Gasteiger partial charge in [0.15, 0.2) is 5.16 Å². The van der Waals surface area contributed by atoms with Crippen molar-refractivity contribution in [3.05, 3.63) is 80.6 Å². The highest BCUT2D eigenvalue weighted by Gasteiger charge is 2.17. The number of hydrogen-bond acceptors (Lipinski definition) is 5. The fourth-order valence-corrected chi connectivity index (χ4v) is 5.65. The Labute approximate surface area is 170 Å². The van der Waals surface area contributed by atoms with Gasteiger partial charge in [0.1, 0.15) is 4.83 Å². The molecule has 0 radical (unpaired) electrons. The zero-order valence-electron chi connectivity index (χ0n) is 14.8. The number of fused-ring (bicyclic) bond motifs is 1. The molecule has 27 heavy (non-hydrogen) atoms. The first-order chi connectivity index (χ1) is 13.2. The van der Waals surface area contributed by atoms with Crippen molar-refractivity contribution in [2.24, 2.45) is 0 Å². The molecule has 0 saturated heterocycles. The van der Waals surface area contributed by atoms with Crippen molar-refractivity contribution >= 4 is 44.7 Å². The average Bonchev–Trinajstić information content (AvgIpc) is 3.33. The zero-order valence-corrected chi connectivity index (χ0v) is 17.3. The molecule has 3 aromatic heterocycles. The Morgan fingerprint density at radius 2 is 2.04 bits per heavy atom. The van der Waals surface area contributed by atoms with Crippen molar-refractivity contribution in [1.29, 1.82) is 0 Å². The van der Waals surface area contributed by atoms with Crippen LogP contribution in [0.5, 0.6) is 0 Å². The molecule has 6 heteroatoms. The van der Waals surface area contributed by atoms with Crippen LogP contribution in [-0.2, 0) is 12.3 Å². The van der Waals surface area contributed by atoms with Gasteiger partial charge in [-0.15, -0.1) is 29.3 Å². The molecule has 4 aromatic rings. The number of rotatable bonds is 6. The third kappa shape index (κ3) is 3.65. The number of aryl methyl sites for hydroxylation is 1. The van der Waals surface area contributed by atoms with Gasteiger partial charge in [-0.05, 0) is 23.9 Å². The fraction of sp³-hybridized carbons (Fsp3) is 0.143. The summed E-state index contributed by atoms with van der Waals surface area (Å²) in [6, 6.07) is 12.4. The van der Waals surface area contributed by atoms with Crippen LogP contribution in [0.25, 0.3) is 21.3 Å².